The molecule has 0 aliphatic rings. The van der Waals surface area contributed by atoms with E-state index in [9.17, 15) is 0 Å². The summed E-state index contributed by atoms with van der Waals surface area (Å²) in [7, 11) is 0. The van der Waals surface area contributed by atoms with Crippen molar-refractivity contribution in [1.29, 1.82) is 0 Å². The Bertz CT molecular complexity index is 479. The summed E-state index contributed by atoms with van der Waals surface area (Å²) >= 11 is 10.7. The minimum Gasteiger partial charge on any atom is -0.383 e. The normalized spacial score (nSPS) is 13.0. The zero-order valence-electron chi connectivity index (χ0n) is 7.95. The molecule has 0 fully saturated rings. The van der Waals surface area contributed by atoms with Gasteiger partial charge in [-0.2, -0.15) is 5.10 Å². The summed E-state index contributed by atoms with van der Waals surface area (Å²) in [5, 5.41) is 6.22. The van der Waals surface area contributed by atoms with E-state index in [1.54, 1.807) is 10.9 Å². The molecule has 1 unspecified atom stereocenters. The molecule has 2 rings (SSSR count). The summed E-state index contributed by atoms with van der Waals surface area (Å²) in [6, 6.07) is 2.03. The number of nitrogens with zero attached hydrogens (tertiary/aromatic N) is 2. The first-order chi connectivity index (χ1) is 7.09. The summed E-state index contributed by atoms with van der Waals surface area (Å²) in [6.07, 6.45) is 1.69. The lowest BCUT2D eigenvalue weighted by molar-refractivity contribution is 0.574. The van der Waals surface area contributed by atoms with Gasteiger partial charge in [0.2, 0.25) is 0 Å². The highest BCUT2D eigenvalue weighted by Crippen LogP contribution is 2.29. The SMILES string of the molecule is CC(c1csc(Cl)c1)n1ncc(Br)c1N. The third-order valence-corrected chi connectivity index (χ3v) is 3.94. The molecule has 0 saturated heterocycles. The van der Waals surface area contributed by atoms with Crippen LogP contribution in [0.2, 0.25) is 4.34 Å². The van der Waals surface area contributed by atoms with Crippen LogP contribution in [0.3, 0.4) is 0 Å². The minimum absolute atomic E-state index is 0.0973. The van der Waals surface area contributed by atoms with E-state index in [4.69, 9.17) is 17.3 Å². The standard InChI is InChI=1S/C9H9BrClN3S/c1-5(6-2-8(11)15-4-6)14-9(12)7(10)3-13-14/h2-5H,12H2,1H3. The topological polar surface area (TPSA) is 43.8 Å². The zero-order valence-corrected chi connectivity index (χ0v) is 11.1. The lowest BCUT2D eigenvalue weighted by Gasteiger charge is -2.12. The van der Waals surface area contributed by atoms with Gasteiger partial charge in [0.05, 0.1) is 21.0 Å². The molecule has 0 spiro atoms. The molecule has 80 valence electrons. The predicted octanol–water partition coefficient (Wildman–Crippen LogP) is 3.55. The highest BCUT2D eigenvalue weighted by atomic mass is 79.9. The minimum atomic E-state index is 0.0973. The molecule has 0 saturated carbocycles. The molecule has 0 bridgehead atoms. The number of nitrogen functional groups attached to an aromatic ring is 1. The molecular formula is C9H9BrClN3S. The van der Waals surface area contributed by atoms with E-state index in [0.29, 0.717) is 5.82 Å². The van der Waals surface area contributed by atoms with Gasteiger partial charge in [-0.05, 0) is 39.9 Å². The molecule has 0 aliphatic heterocycles. The number of hydrogen-bond acceptors (Lipinski definition) is 3. The first-order valence-electron chi connectivity index (χ1n) is 4.32. The molecule has 15 heavy (non-hydrogen) atoms. The highest BCUT2D eigenvalue weighted by molar-refractivity contribution is 9.10. The van der Waals surface area contributed by atoms with Crippen molar-refractivity contribution in [2.24, 2.45) is 0 Å². The average Bonchev–Trinajstić information content (AvgIpc) is 2.75. The van der Waals surface area contributed by atoms with Crippen molar-refractivity contribution in [3.63, 3.8) is 0 Å². The highest BCUT2D eigenvalue weighted by Gasteiger charge is 2.14. The number of hydrogen-bond donors (Lipinski definition) is 1. The first kappa shape index (κ1) is 11.0. The van der Waals surface area contributed by atoms with E-state index >= 15 is 0 Å². The van der Waals surface area contributed by atoms with Gasteiger partial charge in [-0.3, -0.25) is 0 Å². The molecule has 2 heterocycles. The number of rotatable bonds is 2. The smallest absolute Gasteiger partial charge is 0.136 e. The Morgan fingerprint density at radius 1 is 1.67 bits per heavy atom. The summed E-state index contributed by atoms with van der Waals surface area (Å²) in [5.74, 6) is 0.629. The van der Waals surface area contributed by atoms with Crippen LogP contribution in [0.4, 0.5) is 5.82 Å². The van der Waals surface area contributed by atoms with E-state index < -0.39 is 0 Å². The zero-order chi connectivity index (χ0) is 11.0. The maximum Gasteiger partial charge on any atom is 0.136 e. The molecule has 2 aromatic heterocycles. The Hall–Kier alpha value is -0.520. The van der Waals surface area contributed by atoms with Crippen molar-refractivity contribution in [1.82, 2.24) is 9.78 Å². The third kappa shape index (κ3) is 2.04. The molecule has 2 N–H and O–H groups in total. The van der Waals surface area contributed by atoms with Gasteiger partial charge < -0.3 is 5.73 Å². The molecule has 2 aromatic rings. The fraction of sp³-hybridized carbons (Fsp3) is 0.222. The van der Waals surface area contributed by atoms with Crippen molar-refractivity contribution in [2.75, 3.05) is 5.73 Å². The number of halogens is 2. The second-order valence-corrected chi connectivity index (χ2v) is 5.58. The number of nitrogens with two attached hydrogens (primary N) is 1. The van der Waals surface area contributed by atoms with Gasteiger partial charge in [0.1, 0.15) is 5.82 Å². The largest absolute Gasteiger partial charge is 0.383 e. The van der Waals surface area contributed by atoms with Crippen molar-refractivity contribution < 1.29 is 0 Å². The monoisotopic (exact) mass is 305 g/mol. The van der Waals surface area contributed by atoms with Crippen LogP contribution in [0.5, 0.6) is 0 Å². The molecular weight excluding hydrogens is 298 g/mol. The predicted molar refractivity (Wildman–Crippen MR) is 67.5 cm³/mol. The number of thiophene rings is 1. The summed E-state index contributed by atoms with van der Waals surface area (Å²) in [5.41, 5.74) is 6.99. The molecule has 0 aromatic carbocycles. The molecule has 0 radical (unpaired) electrons. The second kappa shape index (κ2) is 4.15. The lowest BCUT2D eigenvalue weighted by Crippen LogP contribution is -2.10. The van der Waals surface area contributed by atoms with Gasteiger partial charge in [0.25, 0.3) is 0 Å². The van der Waals surface area contributed by atoms with Gasteiger partial charge in [0, 0.05) is 0 Å². The van der Waals surface area contributed by atoms with Gasteiger partial charge in [-0.25, -0.2) is 4.68 Å². The van der Waals surface area contributed by atoms with Crippen LogP contribution >= 0.6 is 38.9 Å². The van der Waals surface area contributed by atoms with Crippen molar-refractivity contribution in [2.45, 2.75) is 13.0 Å². The van der Waals surface area contributed by atoms with Crippen LogP contribution in [0.1, 0.15) is 18.5 Å². The van der Waals surface area contributed by atoms with E-state index in [-0.39, 0.29) is 6.04 Å². The third-order valence-electron chi connectivity index (χ3n) is 2.22. The number of aromatic nitrogens is 2. The van der Waals surface area contributed by atoms with Crippen molar-refractivity contribution in [3.05, 3.63) is 32.0 Å². The summed E-state index contributed by atoms with van der Waals surface area (Å²) < 4.78 is 3.36. The molecule has 3 nitrogen and oxygen atoms in total. The Morgan fingerprint density at radius 3 is 2.87 bits per heavy atom. The molecule has 0 aliphatic carbocycles. The second-order valence-electron chi connectivity index (χ2n) is 3.18. The molecule has 6 heteroatoms. The van der Waals surface area contributed by atoms with Crippen LogP contribution < -0.4 is 5.73 Å². The van der Waals surface area contributed by atoms with Crippen molar-refractivity contribution in [3.8, 4) is 0 Å². The quantitative estimate of drug-likeness (QED) is 0.922. The van der Waals surface area contributed by atoms with Crippen LogP contribution in [0.25, 0.3) is 0 Å². The van der Waals surface area contributed by atoms with Crippen molar-refractivity contribution >= 4 is 44.7 Å². The first-order valence-corrected chi connectivity index (χ1v) is 6.37. The maximum absolute atomic E-state index is 5.89. The van der Waals surface area contributed by atoms with Crippen LogP contribution in [-0.4, -0.2) is 9.78 Å². The lowest BCUT2D eigenvalue weighted by atomic mass is 10.2. The Morgan fingerprint density at radius 2 is 2.40 bits per heavy atom. The van der Waals surface area contributed by atoms with Gasteiger partial charge in [-0.1, -0.05) is 11.6 Å². The van der Waals surface area contributed by atoms with E-state index in [2.05, 4.69) is 21.0 Å². The summed E-state index contributed by atoms with van der Waals surface area (Å²) in [6.45, 7) is 2.04. The van der Waals surface area contributed by atoms with Gasteiger partial charge in [0.15, 0.2) is 0 Å². The average molecular weight is 307 g/mol. The van der Waals surface area contributed by atoms with Crippen LogP contribution in [0.15, 0.2) is 22.1 Å². The van der Waals surface area contributed by atoms with Gasteiger partial charge in [-0.15, -0.1) is 11.3 Å². The maximum atomic E-state index is 5.89. The van der Waals surface area contributed by atoms with Gasteiger partial charge >= 0.3 is 0 Å². The Kier molecular flexibility index (Phi) is 3.04. The molecule has 0 amide bonds. The van der Waals surface area contributed by atoms with Crippen LogP contribution in [0, 0.1) is 0 Å². The van der Waals surface area contributed by atoms with E-state index in [0.717, 1.165) is 14.4 Å². The summed E-state index contributed by atoms with van der Waals surface area (Å²) in [4.78, 5) is 0. The van der Waals surface area contributed by atoms with E-state index in [1.807, 2.05) is 18.4 Å². The van der Waals surface area contributed by atoms with E-state index in [1.165, 1.54) is 11.3 Å². The Labute approximate surface area is 105 Å². The number of anilines is 1. The molecule has 1 atom stereocenters. The fourth-order valence-electron chi connectivity index (χ4n) is 1.34. The Balaban J connectivity index is 2.36. The van der Waals surface area contributed by atoms with Crippen LogP contribution in [-0.2, 0) is 0 Å². The fourth-order valence-corrected chi connectivity index (χ4v) is 2.59.